The van der Waals surface area contributed by atoms with Crippen LogP contribution in [0.1, 0.15) is 22.7 Å². The smallest absolute Gasteiger partial charge is 0.248 e. The first kappa shape index (κ1) is 24.5. The van der Waals surface area contributed by atoms with E-state index in [1.807, 2.05) is 47.5 Å². The summed E-state index contributed by atoms with van der Waals surface area (Å²) in [5.41, 5.74) is 2.98. The fraction of sp³-hybridized carbons (Fsp3) is 0.233. The summed E-state index contributed by atoms with van der Waals surface area (Å²) in [5.74, 6) is -1.10. The van der Waals surface area contributed by atoms with Crippen LogP contribution in [0.2, 0.25) is 5.02 Å². The summed E-state index contributed by atoms with van der Waals surface area (Å²) in [5, 5.41) is 3.33. The number of imide groups is 1. The summed E-state index contributed by atoms with van der Waals surface area (Å²) in [6.07, 6.45) is 3.72. The molecule has 0 unspecified atom stereocenters. The van der Waals surface area contributed by atoms with E-state index >= 15 is 0 Å². The molecule has 9 nitrogen and oxygen atoms in total. The fourth-order valence-electron chi connectivity index (χ4n) is 6.28. The van der Waals surface area contributed by atoms with Gasteiger partial charge in [0.15, 0.2) is 11.5 Å². The minimum absolute atomic E-state index is 0.0714. The molecule has 0 aromatic heterocycles. The number of rotatable bonds is 5. The molecule has 10 heteroatoms. The van der Waals surface area contributed by atoms with E-state index in [0.29, 0.717) is 28.0 Å². The van der Waals surface area contributed by atoms with Crippen LogP contribution in [0.15, 0.2) is 66.9 Å². The highest BCUT2D eigenvalue weighted by Crippen LogP contribution is 2.53. The molecular weight excluding hydrogens is 534 g/mol. The van der Waals surface area contributed by atoms with E-state index in [-0.39, 0.29) is 25.2 Å². The van der Waals surface area contributed by atoms with Crippen molar-refractivity contribution in [3.63, 3.8) is 0 Å². The minimum Gasteiger partial charge on any atom is -0.495 e. The van der Waals surface area contributed by atoms with Crippen LogP contribution in [0.3, 0.4) is 0 Å². The van der Waals surface area contributed by atoms with Gasteiger partial charge < -0.3 is 24.4 Å². The van der Waals surface area contributed by atoms with E-state index in [9.17, 15) is 14.4 Å². The predicted octanol–water partition coefficient (Wildman–Crippen LogP) is 4.23. The quantitative estimate of drug-likeness (QED) is 0.469. The Labute approximate surface area is 234 Å². The lowest BCUT2D eigenvalue weighted by atomic mass is 9.84. The van der Waals surface area contributed by atoms with Gasteiger partial charge in [-0.3, -0.25) is 19.3 Å². The maximum atomic E-state index is 14.0. The highest BCUT2D eigenvalue weighted by Gasteiger charge is 2.64. The second-order valence-corrected chi connectivity index (χ2v) is 10.6. The molecule has 0 saturated carbocycles. The van der Waals surface area contributed by atoms with Crippen molar-refractivity contribution in [2.24, 2.45) is 11.8 Å². The summed E-state index contributed by atoms with van der Waals surface area (Å²) in [4.78, 5) is 45.1. The molecule has 0 radical (unpaired) electrons. The van der Waals surface area contributed by atoms with E-state index in [4.69, 9.17) is 25.8 Å². The third-order valence-electron chi connectivity index (χ3n) is 8.02. The number of carbonyl (C=O) groups is 3. The van der Waals surface area contributed by atoms with E-state index in [1.165, 1.54) is 12.0 Å². The molecule has 2 fully saturated rings. The molecule has 0 bridgehead atoms. The first-order valence-electron chi connectivity index (χ1n) is 12.9. The van der Waals surface area contributed by atoms with Gasteiger partial charge in [-0.2, -0.15) is 0 Å². The third-order valence-corrected chi connectivity index (χ3v) is 8.25. The molecule has 3 aromatic carbocycles. The van der Waals surface area contributed by atoms with Gasteiger partial charge in [0.2, 0.25) is 24.5 Å². The van der Waals surface area contributed by atoms with Crippen LogP contribution in [-0.4, -0.2) is 47.5 Å². The van der Waals surface area contributed by atoms with Gasteiger partial charge in [-0.05, 0) is 53.1 Å². The van der Waals surface area contributed by atoms with Crippen LogP contribution in [0.5, 0.6) is 17.2 Å². The molecule has 40 heavy (non-hydrogen) atoms. The number of fused-ring (bicyclic) bond motifs is 6. The Hall–Kier alpha value is -4.50. The van der Waals surface area contributed by atoms with Crippen molar-refractivity contribution in [2.45, 2.75) is 18.6 Å². The lowest BCUT2D eigenvalue weighted by Gasteiger charge is -2.35. The second-order valence-electron chi connectivity index (χ2n) is 10.1. The number of hydrogen-bond acceptors (Lipinski definition) is 7. The number of benzene rings is 3. The Bertz CT molecular complexity index is 1610. The summed E-state index contributed by atoms with van der Waals surface area (Å²) in [6, 6.07) is 16.6. The molecule has 3 aromatic rings. The predicted molar refractivity (Wildman–Crippen MR) is 146 cm³/mol. The number of nitrogens with zero attached hydrogens (tertiary/aromatic N) is 2. The Morgan fingerprint density at radius 1 is 1.02 bits per heavy atom. The Kier molecular flexibility index (Phi) is 5.71. The monoisotopic (exact) mass is 557 g/mol. The zero-order chi connectivity index (χ0) is 27.5. The normalized spacial score (nSPS) is 23.6. The van der Waals surface area contributed by atoms with Gasteiger partial charge in [0.25, 0.3) is 0 Å². The van der Waals surface area contributed by atoms with Crippen LogP contribution in [0.4, 0.5) is 5.69 Å². The minimum atomic E-state index is -0.929. The maximum Gasteiger partial charge on any atom is 0.248 e. The van der Waals surface area contributed by atoms with Gasteiger partial charge in [0.1, 0.15) is 11.8 Å². The SMILES string of the molecule is COc1ccc(Cl)cc1NC(=O)[C@H]1[C@@H]2C(=O)N(Cc3ccc4c(c3)OCO4)C(=O)[C@@H]2[C@H]2c3ccccc3C=CN21. The zero-order valence-electron chi connectivity index (χ0n) is 21.4. The van der Waals surface area contributed by atoms with Crippen molar-refractivity contribution in [3.05, 3.63) is 88.6 Å². The van der Waals surface area contributed by atoms with Crippen LogP contribution in [0.25, 0.3) is 6.08 Å². The van der Waals surface area contributed by atoms with Crippen LogP contribution < -0.4 is 19.5 Å². The standard InChI is InChI=1S/C30H24ClN3O6/c1-38-21-9-7-18(31)13-20(21)32-28(35)27-25-24(26-19-5-3-2-4-17(19)10-11-33(26)27)29(36)34(30(25)37)14-16-6-8-22-23(12-16)40-15-39-22/h2-13,24-27H,14-15H2,1H3,(H,32,35)/t24-,25+,26+,27+/m0/s1. The molecule has 4 aliphatic rings. The molecule has 4 heterocycles. The number of halogens is 1. The molecule has 4 aliphatic heterocycles. The number of ether oxygens (including phenoxy) is 3. The molecule has 0 aliphatic carbocycles. The summed E-state index contributed by atoms with van der Waals surface area (Å²) in [6.45, 7) is 0.200. The molecule has 4 atom stereocenters. The molecule has 202 valence electrons. The van der Waals surface area contributed by atoms with E-state index in [1.54, 1.807) is 30.3 Å². The highest BCUT2D eigenvalue weighted by molar-refractivity contribution is 6.31. The average Bonchev–Trinajstić information content (AvgIpc) is 3.63. The van der Waals surface area contributed by atoms with Crippen molar-refractivity contribution in [1.82, 2.24) is 9.80 Å². The zero-order valence-corrected chi connectivity index (χ0v) is 22.1. The van der Waals surface area contributed by atoms with Crippen molar-refractivity contribution < 1.29 is 28.6 Å². The first-order chi connectivity index (χ1) is 19.4. The van der Waals surface area contributed by atoms with Gasteiger partial charge in [0.05, 0.1) is 37.2 Å². The number of carbonyl (C=O) groups excluding carboxylic acids is 3. The average molecular weight is 558 g/mol. The molecule has 3 amide bonds. The number of nitrogens with one attached hydrogen (secondary N) is 1. The topological polar surface area (TPSA) is 97.4 Å². The Morgan fingerprint density at radius 3 is 2.67 bits per heavy atom. The largest absolute Gasteiger partial charge is 0.495 e. The Morgan fingerprint density at radius 2 is 1.82 bits per heavy atom. The highest BCUT2D eigenvalue weighted by atomic mass is 35.5. The summed E-state index contributed by atoms with van der Waals surface area (Å²) >= 11 is 6.20. The van der Waals surface area contributed by atoms with Gasteiger partial charge in [-0.1, -0.05) is 41.9 Å². The molecule has 0 spiro atoms. The van der Waals surface area contributed by atoms with Crippen LogP contribution in [0, 0.1) is 11.8 Å². The molecular formula is C30H24ClN3O6. The van der Waals surface area contributed by atoms with Crippen molar-refractivity contribution in [1.29, 1.82) is 0 Å². The van der Waals surface area contributed by atoms with Gasteiger partial charge >= 0.3 is 0 Å². The van der Waals surface area contributed by atoms with E-state index < -0.39 is 29.8 Å². The number of hydrogen-bond donors (Lipinski definition) is 1. The molecule has 2 saturated heterocycles. The lowest BCUT2D eigenvalue weighted by molar-refractivity contribution is -0.143. The van der Waals surface area contributed by atoms with Crippen molar-refractivity contribution in [3.8, 4) is 17.2 Å². The summed E-state index contributed by atoms with van der Waals surface area (Å²) < 4.78 is 16.3. The van der Waals surface area contributed by atoms with Gasteiger partial charge in [-0.15, -0.1) is 0 Å². The second kappa shape index (κ2) is 9.31. The molecule has 7 rings (SSSR count). The maximum absolute atomic E-state index is 14.0. The number of anilines is 1. The number of likely N-dealkylation sites (tertiary alicyclic amines) is 1. The van der Waals surface area contributed by atoms with E-state index in [0.717, 1.165) is 16.7 Å². The Balaban J connectivity index is 1.26. The van der Waals surface area contributed by atoms with Crippen molar-refractivity contribution in [2.75, 3.05) is 19.2 Å². The number of amides is 3. The number of methoxy groups -OCH3 is 1. The molecule has 1 N–H and O–H groups in total. The van der Waals surface area contributed by atoms with Gasteiger partial charge in [-0.25, -0.2) is 0 Å². The first-order valence-corrected chi connectivity index (χ1v) is 13.2. The third kappa shape index (κ3) is 3.72. The lowest BCUT2D eigenvalue weighted by Crippen LogP contribution is -2.46. The fourth-order valence-corrected chi connectivity index (χ4v) is 6.45. The van der Waals surface area contributed by atoms with Crippen LogP contribution in [-0.2, 0) is 20.9 Å². The summed E-state index contributed by atoms with van der Waals surface area (Å²) in [7, 11) is 1.50. The van der Waals surface area contributed by atoms with Gasteiger partial charge in [0, 0.05) is 11.2 Å². The van der Waals surface area contributed by atoms with Crippen molar-refractivity contribution >= 4 is 41.1 Å². The van der Waals surface area contributed by atoms with E-state index in [2.05, 4.69) is 5.32 Å². The van der Waals surface area contributed by atoms with Crippen LogP contribution >= 0.6 is 11.6 Å².